The standard InChI is InChI=1S/C19H27F3N2O2/c1-23(15-6-17(25)7-15)10-12-3-13(5-14(4-12)19(20,21)22)11-24(2)16-8-18(26)9-16/h3-5,15-18,25-26H,6-11H2,1-2H3. The van der Waals surface area contributed by atoms with Crippen molar-refractivity contribution in [3.05, 3.63) is 34.9 Å². The van der Waals surface area contributed by atoms with Gasteiger partial charge in [0.15, 0.2) is 0 Å². The van der Waals surface area contributed by atoms with Crippen molar-refractivity contribution in [2.75, 3.05) is 14.1 Å². The molecule has 7 heteroatoms. The SMILES string of the molecule is CN(Cc1cc(CN(C)C2CC(O)C2)cc(C(F)(F)F)c1)C1CC(O)C1. The first-order valence-corrected chi connectivity index (χ1v) is 9.08. The molecule has 2 N–H and O–H groups in total. The number of aliphatic hydroxyl groups excluding tert-OH is 2. The number of halogens is 3. The molecule has 1 aromatic rings. The van der Waals surface area contributed by atoms with Gasteiger partial charge in [-0.05, 0) is 63.0 Å². The Bertz CT molecular complexity index is 581. The van der Waals surface area contributed by atoms with Gasteiger partial charge in [0.1, 0.15) is 0 Å². The molecule has 0 spiro atoms. The highest BCUT2D eigenvalue weighted by molar-refractivity contribution is 5.32. The highest BCUT2D eigenvalue weighted by Crippen LogP contribution is 2.33. The second-order valence-electron chi connectivity index (χ2n) is 7.92. The fourth-order valence-corrected chi connectivity index (χ4v) is 3.78. The van der Waals surface area contributed by atoms with Gasteiger partial charge in [0.05, 0.1) is 17.8 Å². The fraction of sp³-hybridized carbons (Fsp3) is 0.684. The number of hydrogen-bond acceptors (Lipinski definition) is 4. The van der Waals surface area contributed by atoms with Crippen molar-refractivity contribution >= 4 is 0 Å². The normalized spacial score (nSPS) is 29.0. The number of hydrogen-bond donors (Lipinski definition) is 2. The summed E-state index contributed by atoms with van der Waals surface area (Å²) in [5, 5.41) is 18.9. The molecule has 26 heavy (non-hydrogen) atoms. The molecule has 0 heterocycles. The van der Waals surface area contributed by atoms with Crippen molar-refractivity contribution in [1.29, 1.82) is 0 Å². The quantitative estimate of drug-likeness (QED) is 0.806. The van der Waals surface area contributed by atoms with E-state index in [-0.39, 0.29) is 24.3 Å². The van der Waals surface area contributed by atoms with Crippen LogP contribution < -0.4 is 0 Å². The van der Waals surface area contributed by atoms with Gasteiger partial charge < -0.3 is 10.2 Å². The van der Waals surface area contributed by atoms with Crippen molar-refractivity contribution in [1.82, 2.24) is 9.80 Å². The third-order valence-electron chi connectivity index (χ3n) is 5.67. The molecule has 4 nitrogen and oxygen atoms in total. The van der Waals surface area contributed by atoms with E-state index in [1.807, 2.05) is 30.0 Å². The molecule has 0 unspecified atom stereocenters. The average Bonchev–Trinajstić information content (AvgIpc) is 2.47. The molecule has 0 atom stereocenters. The number of aliphatic hydroxyl groups is 2. The lowest BCUT2D eigenvalue weighted by molar-refractivity contribution is -0.137. The maximum Gasteiger partial charge on any atom is 0.416 e. The minimum absolute atomic E-state index is 0.224. The van der Waals surface area contributed by atoms with Crippen molar-refractivity contribution in [3.63, 3.8) is 0 Å². The third kappa shape index (κ3) is 4.57. The van der Waals surface area contributed by atoms with Crippen LogP contribution in [0.15, 0.2) is 18.2 Å². The molecule has 2 fully saturated rings. The van der Waals surface area contributed by atoms with Crippen LogP contribution in [0.4, 0.5) is 13.2 Å². The van der Waals surface area contributed by atoms with E-state index in [4.69, 9.17) is 0 Å². The first-order valence-electron chi connectivity index (χ1n) is 9.08. The van der Waals surface area contributed by atoms with Gasteiger partial charge >= 0.3 is 6.18 Å². The monoisotopic (exact) mass is 372 g/mol. The first-order chi connectivity index (χ1) is 12.1. The zero-order valence-corrected chi connectivity index (χ0v) is 15.2. The summed E-state index contributed by atoms with van der Waals surface area (Å²) >= 11 is 0. The molecule has 2 aliphatic rings. The molecule has 0 bridgehead atoms. The predicted molar refractivity (Wildman–Crippen MR) is 92.4 cm³/mol. The lowest BCUT2D eigenvalue weighted by Crippen LogP contribution is -2.45. The second kappa shape index (κ2) is 7.46. The summed E-state index contributed by atoms with van der Waals surface area (Å²) in [6.07, 6.45) is -2.24. The van der Waals surface area contributed by atoms with Gasteiger partial charge in [-0.2, -0.15) is 13.2 Å². The second-order valence-corrected chi connectivity index (χ2v) is 7.92. The molecule has 0 radical (unpaired) electrons. The summed E-state index contributed by atoms with van der Waals surface area (Å²) in [5.41, 5.74) is 0.663. The summed E-state index contributed by atoms with van der Waals surface area (Å²) in [4.78, 5) is 4.02. The molecule has 3 rings (SSSR count). The van der Waals surface area contributed by atoms with Crippen LogP contribution in [0.25, 0.3) is 0 Å². The lowest BCUT2D eigenvalue weighted by Gasteiger charge is -2.39. The van der Waals surface area contributed by atoms with Crippen LogP contribution in [0.1, 0.15) is 42.4 Å². The fourth-order valence-electron chi connectivity index (χ4n) is 3.78. The van der Waals surface area contributed by atoms with Crippen molar-refractivity contribution < 1.29 is 23.4 Å². The van der Waals surface area contributed by atoms with Crippen LogP contribution >= 0.6 is 0 Å². The van der Waals surface area contributed by atoms with Gasteiger partial charge in [0, 0.05) is 25.2 Å². The minimum Gasteiger partial charge on any atom is -0.393 e. The van der Waals surface area contributed by atoms with Crippen LogP contribution in [0.5, 0.6) is 0 Å². The van der Waals surface area contributed by atoms with Gasteiger partial charge in [0.2, 0.25) is 0 Å². The maximum absolute atomic E-state index is 13.3. The van der Waals surface area contributed by atoms with Crippen molar-refractivity contribution in [2.45, 2.75) is 69.2 Å². The van der Waals surface area contributed by atoms with E-state index < -0.39 is 11.7 Å². The van der Waals surface area contributed by atoms with Gasteiger partial charge in [0.25, 0.3) is 0 Å². The van der Waals surface area contributed by atoms with E-state index >= 15 is 0 Å². The number of benzene rings is 1. The summed E-state index contributed by atoms with van der Waals surface area (Å²) in [5.74, 6) is 0. The smallest absolute Gasteiger partial charge is 0.393 e. The summed E-state index contributed by atoms with van der Waals surface area (Å²) < 4.78 is 39.9. The van der Waals surface area contributed by atoms with Crippen molar-refractivity contribution in [2.24, 2.45) is 0 Å². The summed E-state index contributed by atoms with van der Waals surface area (Å²) in [7, 11) is 3.77. The zero-order valence-electron chi connectivity index (χ0n) is 15.2. The number of alkyl halides is 3. The van der Waals surface area contributed by atoms with Crippen LogP contribution in [0, 0.1) is 0 Å². The van der Waals surface area contributed by atoms with Gasteiger partial charge in [-0.3, -0.25) is 9.80 Å². The van der Waals surface area contributed by atoms with Gasteiger partial charge in [-0.25, -0.2) is 0 Å². The Hall–Kier alpha value is -1.15. The summed E-state index contributed by atoms with van der Waals surface area (Å²) in [6.45, 7) is 0.861. The van der Waals surface area contributed by atoms with Gasteiger partial charge in [-0.15, -0.1) is 0 Å². The van der Waals surface area contributed by atoms with Crippen molar-refractivity contribution in [3.8, 4) is 0 Å². The Kier molecular flexibility index (Phi) is 5.63. The Balaban J connectivity index is 1.73. The number of rotatable bonds is 6. The Morgan fingerprint density at radius 2 is 1.23 bits per heavy atom. The molecule has 2 aliphatic carbocycles. The van der Waals surface area contributed by atoms with Crippen LogP contribution in [0.2, 0.25) is 0 Å². The third-order valence-corrected chi connectivity index (χ3v) is 5.67. The first kappa shape index (κ1) is 19.6. The molecular weight excluding hydrogens is 345 g/mol. The maximum atomic E-state index is 13.3. The van der Waals surface area contributed by atoms with E-state index in [1.165, 1.54) is 12.1 Å². The molecule has 0 saturated heterocycles. The molecule has 1 aromatic carbocycles. The largest absolute Gasteiger partial charge is 0.416 e. The van der Waals surface area contributed by atoms with E-state index in [1.54, 1.807) is 0 Å². The molecule has 2 saturated carbocycles. The molecule has 0 amide bonds. The topological polar surface area (TPSA) is 46.9 Å². The minimum atomic E-state index is -4.37. The van der Waals surface area contributed by atoms with E-state index in [2.05, 4.69) is 0 Å². The molecule has 0 aliphatic heterocycles. The lowest BCUT2D eigenvalue weighted by atomic mass is 9.87. The molecule has 146 valence electrons. The van der Waals surface area contributed by atoms with Crippen LogP contribution in [-0.4, -0.2) is 58.4 Å². The van der Waals surface area contributed by atoms with Crippen LogP contribution in [0.3, 0.4) is 0 Å². The highest BCUT2D eigenvalue weighted by Gasteiger charge is 2.34. The Labute approximate surface area is 152 Å². The van der Waals surface area contributed by atoms with E-state index in [0.29, 0.717) is 49.9 Å². The molecule has 0 aromatic heterocycles. The molecular formula is C19H27F3N2O2. The van der Waals surface area contributed by atoms with E-state index in [0.717, 1.165) is 0 Å². The van der Waals surface area contributed by atoms with Gasteiger partial charge in [-0.1, -0.05) is 6.07 Å². The van der Waals surface area contributed by atoms with E-state index in [9.17, 15) is 23.4 Å². The highest BCUT2D eigenvalue weighted by atomic mass is 19.4. The number of nitrogens with zero attached hydrogens (tertiary/aromatic N) is 2. The summed E-state index contributed by atoms with van der Waals surface area (Å²) in [6, 6.07) is 4.74. The zero-order chi connectivity index (χ0) is 19.1. The Morgan fingerprint density at radius 3 is 1.54 bits per heavy atom. The average molecular weight is 372 g/mol. The predicted octanol–water partition coefficient (Wildman–Crippen LogP) is 2.62. The van der Waals surface area contributed by atoms with Crippen LogP contribution in [-0.2, 0) is 19.3 Å². The Morgan fingerprint density at radius 1 is 0.846 bits per heavy atom.